The third-order valence-corrected chi connectivity index (χ3v) is 5.53. The maximum absolute atomic E-state index is 12.4. The predicted octanol–water partition coefficient (Wildman–Crippen LogP) is 2.40. The summed E-state index contributed by atoms with van der Waals surface area (Å²) < 4.78 is 31.7. The molecular formula is C21H22N2O5S. The number of hydrogen-bond donors (Lipinski definition) is 2. The van der Waals surface area contributed by atoms with Crippen molar-refractivity contribution < 1.29 is 22.7 Å². The zero-order chi connectivity index (χ0) is 21.6. The van der Waals surface area contributed by atoms with E-state index < -0.39 is 28.0 Å². The van der Waals surface area contributed by atoms with Crippen molar-refractivity contribution >= 4 is 27.6 Å². The number of ether oxygens (including phenoxy) is 1. The van der Waals surface area contributed by atoms with E-state index in [2.05, 4.69) is 16.0 Å². The quantitative estimate of drug-likeness (QED) is 0.535. The highest BCUT2D eigenvalue weighted by Gasteiger charge is 2.22. The molecule has 152 valence electrons. The van der Waals surface area contributed by atoms with E-state index in [9.17, 15) is 18.0 Å². The highest BCUT2D eigenvalue weighted by Crippen LogP contribution is 2.20. The van der Waals surface area contributed by atoms with Gasteiger partial charge in [-0.3, -0.25) is 4.79 Å². The van der Waals surface area contributed by atoms with Gasteiger partial charge in [-0.15, -0.1) is 6.42 Å². The van der Waals surface area contributed by atoms with Crippen molar-refractivity contribution in [1.82, 2.24) is 4.72 Å². The minimum atomic E-state index is -3.85. The number of benzene rings is 2. The molecule has 0 saturated heterocycles. The molecule has 0 aliphatic rings. The van der Waals surface area contributed by atoms with E-state index in [1.54, 1.807) is 0 Å². The predicted molar refractivity (Wildman–Crippen MR) is 110 cm³/mol. The monoisotopic (exact) mass is 414 g/mol. The number of hydrogen-bond acceptors (Lipinski definition) is 5. The first-order valence-electron chi connectivity index (χ1n) is 8.77. The maximum Gasteiger partial charge on any atom is 0.338 e. The Labute approximate surface area is 170 Å². The number of carbonyl (C=O) groups is 2. The average Bonchev–Trinajstić information content (AvgIpc) is 2.69. The molecule has 0 radical (unpaired) electrons. The number of rotatable bonds is 7. The number of sulfonamides is 1. The summed E-state index contributed by atoms with van der Waals surface area (Å²) in [6.45, 7) is 4.99. The molecule has 1 atom stereocenters. The maximum atomic E-state index is 12.4. The van der Waals surface area contributed by atoms with Gasteiger partial charge in [0.25, 0.3) is 5.91 Å². The van der Waals surface area contributed by atoms with E-state index in [1.807, 2.05) is 32.0 Å². The molecule has 0 bridgehead atoms. The standard InChI is InChI=1S/C21H22N2O5S/c1-5-12-22-29(26,27)18-11-7-10-17(13-18)21(25)28-16(4)20(24)23-19-14(2)8-6-9-15(19)3/h1,6-11,13,16,22H,12H2,2-4H3,(H,23,24). The Morgan fingerprint density at radius 3 is 2.38 bits per heavy atom. The number of esters is 1. The molecule has 7 nitrogen and oxygen atoms in total. The number of terminal acetylenes is 1. The summed E-state index contributed by atoms with van der Waals surface area (Å²) in [5.41, 5.74) is 2.43. The minimum absolute atomic E-state index is 0.000282. The van der Waals surface area contributed by atoms with Gasteiger partial charge in [-0.05, 0) is 50.1 Å². The Bertz CT molecular complexity index is 1050. The molecular weight excluding hydrogens is 392 g/mol. The molecule has 0 aliphatic heterocycles. The van der Waals surface area contributed by atoms with Gasteiger partial charge < -0.3 is 10.1 Å². The first kappa shape index (κ1) is 22.1. The Morgan fingerprint density at radius 2 is 1.76 bits per heavy atom. The topological polar surface area (TPSA) is 102 Å². The van der Waals surface area contributed by atoms with E-state index in [0.717, 1.165) is 17.2 Å². The van der Waals surface area contributed by atoms with Crippen molar-refractivity contribution in [2.24, 2.45) is 0 Å². The smallest absolute Gasteiger partial charge is 0.338 e. The van der Waals surface area contributed by atoms with Crippen LogP contribution in [0.5, 0.6) is 0 Å². The lowest BCUT2D eigenvalue weighted by molar-refractivity contribution is -0.123. The van der Waals surface area contributed by atoms with Crippen LogP contribution >= 0.6 is 0 Å². The van der Waals surface area contributed by atoms with E-state index in [-0.39, 0.29) is 17.0 Å². The summed E-state index contributed by atoms with van der Waals surface area (Å²) in [4.78, 5) is 24.7. The first-order valence-corrected chi connectivity index (χ1v) is 10.3. The molecule has 2 rings (SSSR count). The van der Waals surface area contributed by atoms with E-state index in [1.165, 1.54) is 25.1 Å². The first-order chi connectivity index (χ1) is 13.7. The molecule has 8 heteroatoms. The summed E-state index contributed by atoms with van der Waals surface area (Å²) >= 11 is 0. The second kappa shape index (κ2) is 9.37. The Balaban J connectivity index is 2.11. The third-order valence-electron chi connectivity index (χ3n) is 4.13. The number of para-hydroxylation sites is 1. The Morgan fingerprint density at radius 1 is 1.14 bits per heavy atom. The molecule has 2 aromatic rings. The van der Waals surface area contributed by atoms with E-state index >= 15 is 0 Å². The number of carbonyl (C=O) groups excluding carboxylic acids is 2. The molecule has 0 saturated carbocycles. The van der Waals surface area contributed by atoms with Crippen molar-refractivity contribution in [2.75, 3.05) is 11.9 Å². The van der Waals surface area contributed by atoms with Crippen LogP contribution < -0.4 is 10.0 Å². The van der Waals surface area contributed by atoms with Crippen LogP contribution in [0.3, 0.4) is 0 Å². The number of aryl methyl sites for hydroxylation is 2. The van der Waals surface area contributed by atoms with Crippen LogP contribution in [0.4, 0.5) is 5.69 Å². The SMILES string of the molecule is C#CCNS(=O)(=O)c1cccc(C(=O)OC(C)C(=O)Nc2c(C)cccc2C)c1. The van der Waals surface area contributed by atoms with Gasteiger partial charge in [0, 0.05) is 5.69 Å². The molecule has 0 spiro atoms. The lowest BCUT2D eigenvalue weighted by Crippen LogP contribution is -2.30. The van der Waals surface area contributed by atoms with Crippen LogP contribution in [-0.4, -0.2) is 32.9 Å². The third kappa shape index (κ3) is 5.67. The van der Waals surface area contributed by atoms with Crippen molar-refractivity contribution in [3.8, 4) is 12.3 Å². The van der Waals surface area contributed by atoms with Crippen molar-refractivity contribution in [3.05, 3.63) is 59.2 Å². The Hall–Kier alpha value is -3.15. The van der Waals surface area contributed by atoms with Gasteiger partial charge in [0.05, 0.1) is 17.0 Å². The molecule has 1 unspecified atom stereocenters. The molecule has 0 aliphatic carbocycles. The second-order valence-electron chi connectivity index (χ2n) is 6.36. The van der Waals surface area contributed by atoms with Crippen LogP contribution in [0.2, 0.25) is 0 Å². The largest absolute Gasteiger partial charge is 0.449 e. The number of anilines is 1. The van der Waals surface area contributed by atoms with Gasteiger partial charge in [0.15, 0.2) is 6.10 Å². The fourth-order valence-electron chi connectivity index (χ4n) is 2.53. The minimum Gasteiger partial charge on any atom is -0.449 e. The van der Waals surface area contributed by atoms with Gasteiger partial charge in [-0.1, -0.05) is 30.2 Å². The zero-order valence-corrected chi connectivity index (χ0v) is 17.2. The van der Waals surface area contributed by atoms with Crippen molar-refractivity contribution in [1.29, 1.82) is 0 Å². The molecule has 2 aromatic carbocycles. The zero-order valence-electron chi connectivity index (χ0n) is 16.4. The Kier molecular flexibility index (Phi) is 7.15. The molecule has 0 fully saturated rings. The van der Waals surface area contributed by atoms with Gasteiger partial charge in [0.1, 0.15) is 0 Å². The number of nitrogens with one attached hydrogen (secondary N) is 2. The van der Waals surface area contributed by atoms with Crippen LogP contribution in [0.25, 0.3) is 0 Å². The molecule has 1 amide bonds. The lowest BCUT2D eigenvalue weighted by atomic mass is 10.1. The van der Waals surface area contributed by atoms with E-state index in [4.69, 9.17) is 11.2 Å². The van der Waals surface area contributed by atoms with Gasteiger partial charge in [-0.25, -0.2) is 13.2 Å². The fourth-order valence-corrected chi connectivity index (χ4v) is 3.51. The summed E-state index contributed by atoms with van der Waals surface area (Å²) in [6.07, 6.45) is 3.98. The van der Waals surface area contributed by atoms with Crippen LogP contribution in [0.15, 0.2) is 47.4 Å². The molecule has 0 aromatic heterocycles. The molecule has 29 heavy (non-hydrogen) atoms. The highest BCUT2D eigenvalue weighted by atomic mass is 32.2. The fraction of sp³-hybridized carbons (Fsp3) is 0.238. The van der Waals surface area contributed by atoms with Crippen LogP contribution in [0, 0.1) is 26.2 Å². The van der Waals surface area contributed by atoms with Crippen LogP contribution in [-0.2, 0) is 19.6 Å². The lowest BCUT2D eigenvalue weighted by Gasteiger charge is -2.16. The van der Waals surface area contributed by atoms with Gasteiger partial charge >= 0.3 is 5.97 Å². The van der Waals surface area contributed by atoms with Crippen molar-refractivity contribution in [3.63, 3.8) is 0 Å². The number of amides is 1. The summed E-state index contributed by atoms with van der Waals surface area (Å²) in [5.74, 6) is 0.864. The normalized spacial score (nSPS) is 11.9. The van der Waals surface area contributed by atoms with Crippen LogP contribution in [0.1, 0.15) is 28.4 Å². The summed E-state index contributed by atoms with van der Waals surface area (Å²) in [6, 6.07) is 10.9. The summed E-state index contributed by atoms with van der Waals surface area (Å²) in [5, 5.41) is 2.75. The molecule has 0 heterocycles. The van der Waals surface area contributed by atoms with Crippen molar-refractivity contribution in [2.45, 2.75) is 31.8 Å². The van der Waals surface area contributed by atoms with E-state index in [0.29, 0.717) is 5.69 Å². The average molecular weight is 414 g/mol. The molecule has 2 N–H and O–H groups in total. The second-order valence-corrected chi connectivity index (χ2v) is 8.13. The van der Waals surface area contributed by atoms with Gasteiger partial charge in [0.2, 0.25) is 10.0 Å². The van der Waals surface area contributed by atoms with Gasteiger partial charge in [-0.2, -0.15) is 4.72 Å². The summed E-state index contributed by atoms with van der Waals surface area (Å²) in [7, 11) is -3.85. The highest BCUT2D eigenvalue weighted by molar-refractivity contribution is 7.89.